The number of nitrogens with one attached hydrogen (secondary N) is 1. The molecule has 0 bridgehead atoms. The van der Waals surface area contributed by atoms with Crippen molar-refractivity contribution in [1.29, 1.82) is 0 Å². The number of sulfone groups is 1. The number of rotatable bonds is 6. The van der Waals surface area contributed by atoms with E-state index in [4.69, 9.17) is 4.74 Å². The van der Waals surface area contributed by atoms with Crippen LogP contribution in [0.2, 0.25) is 0 Å². The third-order valence-corrected chi connectivity index (χ3v) is 6.24. The summed E-state index contributed by atoms with van der Waals surface area (Å²) in [5.74, 6) is -0.534. The third-order valence-electron chi connectivity index (χ3n) is 4.51. The molecule has 1 saturated heterocycles. The van der Waals surface area contributed by atoms with Crippen LogP contribution in [0, 0.1) is 6.92 Å². The number of para-hydroxylation sites is 2. The third kappa shape index (κ3) is 5.08. The highest BCUT2D eigenvalue weighted by atomic mass is 32.2. The molecule has 2 aromatic rings. The molecule has 1 N–H and O–H groups in total. The van der Waals surface area contributed by atoms with Crippen LogP contribution in [0.1, 0.15) is 12.0 Å². The molecule has 0 spiro atoms. The fraction of sp³-hybridized carbons (Fsp3) is 0.350. The molecular formula is C20H24N2O4S. The largest absolute Gasteiger partial charge is 0.378 e. The Morgan fingerprint density at radius 2 is 1.74 bits per heavy atom. The minimum atomic E-state index is -3.48. The van der Waals surface area contributed by atoms with Gasteiger partial charge in [0.1, 0.15) is 0 Å². The van der Waals surface area contributed by atoms with E-state index in [1.54, 1.807) is 24.3 Å². The first-order chi connectivity index (χ1) is 13.0. The number of carbonyl (C=O) groups is 1. The second-order valence-corrected chi connectivity index (χ2v) is 8.66. The number of benzene rings is 2. The zero-order chi connectivity index (χ0) is 19.3. The Kier molecular flexibility index (Phi) is 6.13. The summed E-state index contributed by atoms with van der Waals surface area (Å²) in [6.45, 7) is 4.72. The first kappa shape index (κ1) is 19.4. The molecule has 1 fully saturated rings. The first-order valence-corrected chi connectivity index (χ1v) is 10.6. The highest BCUT2D eigenvalue weighted by Crippen LogP contribution is 2.26. The average molecular weight is 388 g/mol. The summed E-state index contributed by atoms with van der Waals surface area (Å²) < 4.78 is 30.2. The fourth-order valence-corrected chi connectivity index (χ4v) is 4.20. The Balaban J connectivity index is 1.63. The van der Waals surface area contributed by atoms with Gasteiger partial charge in [-0.15, -0.1) is 0 Å². The summed E-state index contributed by atoms with van der Waals surface area (Å²) in [5.41, 5.74) is 2.61. The van der Waals surface area contributed by atoms with Crippen molar-refractivity contribution in [2.24, 2.45) is 0 Å². The van der Waals surface area contributed by atoms with Crippen molar-refractivity contribution in [2.45, 2.75) is 18.2 Å². The summed E-state index contributed by atoms with van der Waals surface area (Å²) in [5, 5.41) is 2.86. The van der Waals surface area contributed by atoms with E-state index < -0.39 is 9.84 Å². The van der Waals surface area contributed by atoms with Gasteiger partial charge in [-0.25, -0.2) is 8.42 Å². The molecule has 0 aliphatic carbocycles. The molecule has 144 valence electrons. The lowest BCUT2D eigenvalue weighted by atomic mass is 10.2. The lowest BCUT2D eigenvalue weighted by molar-refractivity contribution is -0.115. The van der Waals surface area contributed by atoms with Crippen LogP contribution in [0.4, 0.5) is 11.4 Å². The quantitative estimate of drug-likeness (QED) is 0.823. The predicted octanol–water partition coefficient (Wildman–Crippen LogP) is 2.63. The minimum absolute atomic E-state index is 0.0896. The summed E-state index contributed by atoms with van der Waals surface area (Å²) in [6, 6.07) is 14.2. The molecule has 2 aromatic carbocycles. The van der Waals surface area contributed by atoms with Crippen LogP contribution in [-0.4, -0.2) is 46.4 Å². The smallest absolute Gasteiger partial charge is 0.225 e. The number of amides is 1. The minimum Gasteiger partial charge on any atom is -0.378 e. The van der Waals surface area contributed by atoms with Crippen LogP contribution in [-0.2, 0) is 19.4 Å². The number of carbonyl (C=O) groups excluding carboxylic acids is 1. The molecule has 0 aromatic heterocycles. The van der Waals surface area contributed by atoms with Crippen molar-refractivity contribution in [2.75, 3.05) is 42.3 Å². The molecule has 27 heavy (non-hydrogen) atoms. The van der Waals surface area contributed by atoms with Crippen molar-refractivity contribution in [3.05, 3.63) is 54.1 Å². The molecule has 7 heteroatoms. The number of hydrogen-bond donors (Lipinski definition) is 1. The number of morpholine rings is 1. The van der Waals surface area contributed by atoms with Gasteiger partial charge in [0.15, 0.2) is 9.84 Å². The topological polar surface area (TPSA) is 75.7 Å². The van der Waals surface area contributed by atoms with Gasteiger partial charge in [0, 0.05) is 19.5 Å². The van der Waals surface area contributed by atoms with Gasteiger partial charge in [0.2, 0.25) is 5.91 Å². The lowest BCUT2D eigenvalue weighted by Crippen LogP contribution is -2.36. The molecule has 0 atom stereocenters. The van der Waals surface area contributed by atoms with Crippen molar-refractivity contribution in [1.82, 2.24) is 0 Å². The molecule has 6 nitrogen and oxygen atoms in total. The number of aryl methyl sites for hydroxylation is 1. The summed E-state index contributed by atoms with van der Waals surface area (Å²) in [6.07, 6.45) is -0.0896. The van der Waals surface area contributed by atoms with E-state index in [1.807, 2.05) is 31.2 Å². The standard InChI is InChI=1S/C20H24N2O4S/c1-16-6-8-17(9-7-16)27(24,25)15-10-20(23)21-18-4-2-3-5-19(18)22-11-13-26-14-12-22/h2-9H,10-15H2,1H3,(H,21,23). The van der Waals surface area contributed by atoms with Crippen LogP contribution in [0.25, 0.3) is 0 Å². The highest BCUT2D eigenvalue weighted by Gasteiger charge is 2.19. The van der Waals surface area contributed by atoms with E-state index in [-0.39, 0.29) is 23.0 Å². The van der Waals surface area contributed by atoms with E-state index in [1.165, 1.54) is 0 Å². The van der Waals surface area contributed by atoms with Gasteiger partial charge in [0.05, 0.1) is 35.2 Å². The number of nitrogens with zero attached hydrogens (tertiary/aromatic N) is 1. The van der Waals surface area contributed by atoms with Crippen molar-refractivity contribution >= 4 is 27.1 Å². The second-order valence-electron chi connectivity index (χ2n) is 6.55. The normalized spacial score (nSPS) is 14.8. The molecule has 1 heterocycles. The van der Waals surface area contributed by atoms with Gasteiger partial charge in [-0.1, -0.05) is 29.8 Å². The summed E-state index contributed by atoms with van der Waals surface area (Å²) in [4.78, 5) is 14.8. The molecule has 3 rings (SSSR count). The maximum absolute atomic E-state index is 12.4. The first-order valence-electron chi connectivity index (χ1n) is 8.97. The van der Waals surface area contributed by atoms with E-state index in [0.29, 0.717) is 18.9 Å². The second kappa shape index (κ2) is 8.54. The number of hydrogen-bond acceptors (Lipinski definition) is 5. The van der Waals surface area contributed by atoms with E-state index in [0.717, 1.165) is 24.3 Å². The monoisotopic (exact) mass is 388 g/mol. The van der Waals surface area contributed by atoms with Crippen LogP contribution in [0.3, 0.4) is 0 Å². The Morgan fingerprint density at radius 3 is 2.44 bits per heavy atom. The summed E-state index contributed by atoms with van der Waals surface area (Å²) in [7, 11) is -3.48. The Morgan fingerprint density at radius 1 is 1.07 bits per heavy atom. The van der Waals surface area contributed by atoms with E-state index in [2.05, 4.69) is 10.2 Å². The lowest BCUT2D eigenvalue weighted by Gasteiger charge is -2.30. The van der Waals surface area contributed by atoms with Gasteiger partial charge < -0.3 is 15.0 Å². The highest BCUT2D eigenvalue weighted by molar-refractivity contribution is 7.91. The Bertz CT molecular complexity index is 888. The number of anilines is 2. The van der Waals surface area contributed by atoms with Crippen LogP contribution in [0.15, 0.2) is 53.4 Å². The van der Waals surface area contributed by atoms with Gasteiger partial charge in [0.25, 0.3) is 0 Å². The van der Waals surface area contributed by atoms with E-state index >= 15 is 0 Å². The number of ether oxygens (including phenoxy) is 1. The molecule has 0 unspecified atom stereocenters. The van der Waals surface area contributed by atoms with Crippen LogP contribution >= 0.6 is 0 Å². The van der Waals surface area contributed by atoms with Gasteiger partial charge in [-0.3, -0.25) is 4.79 Å². The summed E-state index contributed by atoms with van der Waals surface area (Å²) >= 11 is 0. The van der Waals surface area contributed by atoms with Crippen LogP contribution in [0.5, 0.6) is 0 Å². The van der Waals surface area contributed by atoms with Crippen molar-refractivity contribution in [3.63, 3.8) is 0 Å². The molecule has 1 amide bonds. The molecule has 0 saturated carbocycles. The zero-order valence-corrected chi connectivity index (χ0v) is 16.2. The predicted molar refractivity (Wildman–Crippen MR) is 106 cm³/mol. The van der Waals surface area contributed by atoms with Gasteiger partial charge >= 0.3 is 0 Å². The fourth-order valence-electron chi connectivity index (χ4n) is 2.96. The van der Waals surface area contributed by atoms with Gasteiger partial charge in [-0.2, -0.15) is 0 Å². The van der Waals surface area contributed by atoms with Crippen molar-refractivity contribution in [3.8, 4) is 0 Å². The SMILES string of the molecule is Cc1ccc(S(=O)(=O)CCC(=O)Nc2ccccc2N2CCOCC2)cc1. The maximum Gasteiger partial charge on any atom is 0.225 e. The van der Waals surface area contributed by atoms with Crippen LogP contribution < -0.4 is 10.2 Å². The van der Waals surface area contributed by atoms with Gasteiger partial charge in [-0.05, 0) is 31.2 Å². The van der Waals surface area contributed by atoms with Crippen molar-refractivity contribution < 1.29 is 17.9 Å². The van der Waals surface area contributed by atoms with E-state index in [9.17, 15) is 13.2 Å². The molecular weight excluding hydrogens is 364 g/mol. The Hall–Kier alpha value is -2.38. The molecule has 1 aliphatic rings. The molecule has 0 radical (unpaired) electrons. The molecule has 1 aliphatic heterocycles. The zero-order valence-electron chi connectivity index (χ0n) is 15.3. The Labute approximate surface area is 160 Å². The maximum atomic E-state index is 12.4. The average Bonchev–Trinajstić information content (AvgIpc) is 2.68.